The average Bonchev–Trinajstić information content (AvgIpc) is 3.26. The minimum atomic E-state index is 0.308. The van der Waals surface area contributed by atoms with E-state index in [1.807, 2.05) is 0 Å². The summed E-state index contributed by atoms with van der Waals surface area (Å²) >= 11 is 0. The molecule has 1 saturated carbocycles. The molecule has 1 unspecified atom stereocenters. The zero-order chi connectivity index (χ0) is 13.4. The molecule has 0 aromatic heterocycles. The van der Waals surface area contributed by atoms with Crippen LogP contribution < -0.4 is 5.32 Å². The summed E-state index contributed by atoms with van der Waals surface area (Å²) < 4.78 is 16.5. The van der Waals surface area contributed by atoms with Crippen LogP contribution in [0.3, 0.4) is 0 Å². The molecule has 2 fully saturated rings. The van der Waals surface area contributed by atoms with Crippen molar-refractivity contribution in [2.24, 2.45) is 5.41 Å². The highest BCUT2D eigenvalue weighted by atomic mass is 16.5. The molecule has 1 saturated heterocycles. The van der Waals surface area contributed by atoms with Crippen molar-refractivity contribution in [3.63, 3.8) is 0 Å². The summed E-state index contributed by atoms with van der Waals surface area (Å²) in [7, 11) is 1.73. The summed E-state index contributed by atoms with van der Waals surface area (Å²) in [6.45, 7) is 5.37. The molecule has 1 N–H and O–H groups in total. The molecule has 2 rings (SSSR count). The zero-order valence-corrected chi connectivity index (χ0v) is 12.3. The predicted molar refractivity (Wildman–Crippen MR) is 75.4 cm³/mol. The Hall–Kier alpha value is -0.160. The van der Waals surface area contributed by atoms with Crippen LogP contribution in [0.1, 0.15) is 38.5 Å². The first kappa shape index (κ1) is 15.2. The molecule has 4 heteroatoms. The van der Waals surface area contributed by atoms with Crippen molar-refractivity contribution in [1.29, 1.82) is 0 Å². The van der Waals surface area contributed by atoms with Gasteiger partial charge in [-0.15, -0.1) is 0 Å². The van der Waals surface area contributed by atoms with E-state index in [1.165, 1.54) is 25.7 Å². The predicted octanol–water partition coefficient (Wildman–Crippen LogP) is 1.98. The number of nitrogens with one attached hydrogen (secondary N) is 1. The molecule has 2 aliphatic rings. The second-order valence-electron chi connectivity index (χ2n) is 6.02. The van der Waals surface area contributed by atoms with Crippen LogP contribution >= 0.6 is 0 Å². The van der Waals surface area contributed by atoms with Crippen LogP contribution in [-0.4, -0.2) is 52.7 Å². The molecule has 0 spiro atoms. The van der Waals surface area contributed by atoms with Gasteiger partial charge in [-0.1, -0.05) is 0 Å². The van der Waals surface area contributed by atoms with Gasteiger partial charge in [-0.25, -0.2) is 0 Å². The summed E-state index contributed by atoms with van der Waals surface area (Å²) in [5, 5.41) is 3.67. The van der Waals surface area contributed by atoms with Crippen LogP contribution in [0.2, 0.25) is 0 Å². The molecule has 1 atom stereocenters. The maximum atomic E-state index is 5.72. The number of hydrogen-bond acceptors (Lipinski definition) is 4. The van der Waals surface area contributed by atoms with Gasteiger partial charge in [-0.3, -0.25) is 0 Å². The van der Waals surface area contributed by atoms with Gasteiger partial charge in [-0.05, 0) is 38.5 Å². The number of ether oxygens (including phenoxy) is 3. The van der Waals surface area contributed by atoms with E-state index < -0.39 is 0 Å². The van der Waals surface area contributed by atoms with Crippen LogP contribution in [0, 0.1) is 5.41 Å². The number of rotatable bonds is 10. The van der Waals surface area contributed by atoms with Crippen LogP contribution in [0.25, 0.3) is 0 Å². The highest BCUT2D eigenvalue weighted by Gasteiger charge is 2.34. The van der Waals surface area contributed by atoms with Crippen LogP contribution in [0.15, 0.2) is 0 Å². The molecule has 112 valence electrons. The van der Waals surface area contributed by atoms with Gasteiger partial charge in [0.25, 0.3) is 0 Å². The van der Waals surface area contributed by atoms with Crippen LogP contribution in [0.5, 0.6) is 0 Å². The Labute approximate surface area is 117 Å². The second kappa shape index (κ2) is 8.20. The van der Waals surface area contributed by atoms with Crippen LogP contribution in [0.4, 0.5) is 0 Å². The molecule has 0 aromatic rings. The maximum absolute atomic E-state index is 5.72. The van der Waals surface area contributed by atoms with E-state index in [4.69, 9.17) is 14.2 Å². The normalized spacial score (nSPS) is 27.6. The van der Waals surface area contributed by atoms with E-state index in [2.05, 4.69) is 5.32 Å². The average molecular weight is 271 g/mol. The van der Waals surface area contributed by atoms with Gasteiger partial charge in [0.1, 0.15) is 0 Å². The first-order valence-electron chi connectivity index (χ1n) is 7.72. The summed E-state index contributed by atoms with van der Waals surface area (Å²) in [5.74, 6) is 0. The minimum absolute atomic E-state index is 0.308. The third-order valence-corrected chi connectivity index (χ3v) is 4.16. The minimum Gasteiger partial charge on any atom is -0.385 e. The first-order valence-corrected chi connectivity index (χ1v) is 7.72. The van der Waals surface area contributed by atoms with Crippen molar-refractivity contribution < 1.29 is 14.2 Å². The smallest absolute Gasteiger partial charge is 0.0535 e. The third kappa shape index (κ3) is 5.78. The lowest BCUT2D eigenvalue weighted by molar-refractivity contribution is -0.0282. The van der Waals surface area contributed by atoms with E-state index in [-0.39, 0.29) is 0 Å². The van der Waals surface area contributed by atoms with Gasteiger partial charge in [0.05, 0.1) is 6.61 Å². The van der Waals surface area contributed by atoms with Gasteiger partial charge in [0.15, 0.2) is 0 Å². The summed E-state index contributed by atoms with van der Waals surface area (Å²) in [4.78, 5) is 0. The lowest BCUT2D eigenvalue weighted by Crippen LogP contribution is -2.42. The Bertz CT molecular complexity index is 238. The van der Waals surface area contributed by atoms with Crippen molar-refractivity contribution in [1.82, 2.24) is 5.32 Å². The van der Waals surface area contributed by atoms with Gasteiger partial charge < -0.3 is 19.5 Å². The fourth-order valence-electron chi connectivity index (χ4n) is 2.68. The Morgan fingerprint density at radius 3 is 2.84 bits per heavy atom. The van der Waals surface area contributed by atoms with E-state index in [0.717, 1.165) is 58.5 Å². The Balaban J connectivity index is 1.64. The Morgan fingerprint density at radius 1 is 1.26 bits per heavy atom. The quantitative estimate of drug-likeness (QED) is 0.617. The largest absolute Gasteiger partial charge is 0.385 e. The lowest BCUT2D eigenvalue weighted by atomic mass is 9.79. The fourth-order valence-corrected chi connectivity index (χ4v) is 2.68. The molecule has 0 radical (unpaired) electrons. The van der Waals surface area contributed by atoms with Crippen molar-refractivity contribution in [3.05, 3.63) is 0 Å². The zero-order valence-electron chi connectivity index (χ0n) is 12.3. The molecular formula is C15H29NO3. The third-order valence-electron chi connectivity index (χ3n) is 4.16. The summed E-state index contributed by atoms with van der Waals surface area (Å²) in [6, 6.07) is 0.779. The fraction of sp³-hybridized carbons (Fsp3) is 1.00. The second-order valence-corrected chi connectivity index (χ2v) is 6.02. The summed E-state index contributed by atoms with van der Waals surface area (Å²) in [6.07, 6.45) is 7.26. The monoisotopic (exact) mass is 271 g/mol. The Kier molecular flexibility index (Phi) is 6.57. The van der Waals surface area contributed by atoms with Crippen molar-refractivity contribution in [3.8, 4) is 0 Å². The van der Waals surface area contributed by atoms with Gasteiger partial charge in [-0.2, -0.15) is 0 Å². The first-order chi connectivity index (χ1) is 9.35. The molecule has 0 amide bonds. The van der Waals surface area contributed by atoms with Gasteiger partial charge in [0.2, 0.25) is 0 Å². The maximum Gasteiger partial charge on any atom is 0.0535 e. The molecule has 1 aliphatic heterocycles. The van der Waals surface area contributed by atoms with E-state index in [9.17, 15) is 0 Å². The number of hydrogen-bond donors (Lipinski definition) is 1. The number of methoxy groups -OCH3 is 1. The molecular weight excluding hydrogens is 242 g/mol. The molecule has 4 nitrogen and oxygen atoms in total. The standard InChI is InChI=1S/C15H29NO3/c1-17-8-3-10-18-11-7-15(6-2-9-19-13-15)12-16-14-4-5-14/h14,16H,2-13H2,1H3. The van der Waals surface area contributed by atoms with E-state index >= 15 is 0 Å². The van der Waals surface area contributed by atoms with Crippen LogP contribution in [-0.2, 0) is 14.2 Å². The van der Waals surface area contributed by atoms with Crippen molar-refractivity contribution in [2.45, 2.75) is 44.6 Å². The molecule has 19 heavy (non-hydrogen) atoms. The van der Waals surface area contributed by atoms with Crippen molar-refractivity contribution >= 4 is 0 Å². The molecule has 0 bridgehead atoms. The van der Waals surface area contributed by atoms with Crippen molar-refractivity contribution in [2.75, 3.05) is 46.7 Å². The highest BCUT2D eigenvalue weighted by Crippen LogP contribution is 2.33. The SMILES string of the molecule is COCCCOCCC1(CNC2CC2)CCCOC1. The Morgan fingerprint density at radius 2 is 2.16 bits per heavy atom. The van der Waals surface area contributed by atoms with E-state index in [0.29, 0.717) is 5.41 Å². The highest BCUT2D eigenvalue weighted by molar-refractivity contribution is 4.89. The molecule has 0 aromatic carbocycles. The topological polar surface area (TPSA) is 39.7 Å². The molecule has 1 heterocycles. The molecule has 1 aliphatic carbocycles. The van der Waals surface area contributed by atoms with Gasteiger partial charge >= 0.3 is 0 Å². The summed E-state index contributed by atoms with van der Waals surface area (Å²) in [5.41, 5.74) is 0.308. The lowest BCUT2D eigenvalue weighted by Gasteiger charge is -2.37. The van der Waals surface area contributed by atoms with Gasteiger partial charge in [0, 0.05) is 51.5 Å². The van der Waals surface area contributed by atoms with E-state index in [1.54, 1.807) is 7.11 Å².